The summed E-state index contributed by atoms with van der Waals surface area (Å²) in [5.74, 6) is 0.0570. The quantitative estimate of drug-likeness (QED) is 0.544. The molecule has 3 aromatic rings. The third kappa shape index (κ3) is 5.36. The second-order valence-corrected chi connectivity index (χ2v) is 7.74. The van der Waals surface area contributed by atoms with Crippen LogP contribution in [0.2, 0.25) is 5.02 Å². The standard InChI is InChI=1S/C19H15ClN2O2S2/c20-13-3-1-4-15(11-13)21-18(23)12-26-16-8-6-14(7-9-16)22-19(24)17-5-2-10-25-17/h1-11H,12H2,(H,21,23)(H,22,24). The molecular weight excluding hydrogens is 388 g/mol. The molecule has 0 unspecified atom stereocenters. The largest absolute Gasteiger partial charge is 0.325 e. The SMILES string of the molecule is O=C(CSc1ccc(NC(=O)c2cccs2)cc1)Nc1cccc(Cl)c1. The Morgan fingerprint density at radius 3 is 2.46 bits per heavy atom. The number of halogens is 1. The average Bonchev–Trinajstić information content (AvgIpc) is 3.16. The van der Waals surface area contributed by atoms with E-state index in [1.165, 1.54) is 23.1 Å². The fourth-order valence-corrected chi connectivity index (χ4v) is 3.65. The molecule has 7 heteroatoms. The van der Waals surface area contributed by atoms with E-state index >= 15 is 0 Å². The summed E-state index contributed by atoms with van der Waals surface area (Å²) < 4.78 is 0. The second-order valence-electron chi connectivity index (χ2n) is 5.30. The number of anilines is 2. The van der Waals surface area contributed by atoms with Gasteiger partial charge in [-0.05, 0) is 53.9 Å². The number of nitrogens with one attached hydrogen (secondary N) is 2. The summed E-state index contributed by atoms with van der Waals surface area (Å²) in [6.07, 6.45) is 0. The molecular formula is C19H15ClN2O2S2. The Kier molecular flexibility index (Phi) is 6.33. The number of thiophene rings is 1. The number of carbonyl (C=O) groups excluding carboxylic acids is 2. The van der Waals surface area contributed by atoms with Crippen molar-refractivity contribution in [2.45, 2.75) is 4.90 Å². The predicted octanol–water partition coefficient (Wildman–Crippen LogP) is 5.38. The first-order valence-electron chi connectivity index (χ1n) is 7.73. The molecule has 2 amide bonds. The maximum atomic E-state index is 12.0. The summed E-state index contributed by atoms with van der Waals surface area (Å²) in [7, 11) is 0. The molecule has 2 aromatic carbocycles. The summed E-state index contributed by atoms with van der Waals surface area (Å²) in [5, 5.41) is 8.09. The molecule has 0 atom stereocenters. The molecule has 1 aromatic heterocycles. The Hall–Kier alpha value is -2.28. The van der Waals surface area contributed by atoms with Gasteiger partial charge in [-0.1, -0.05) is 23.7 Å². The van der Waals surface area contributed by atoms with Crippen molar-refractivity contribution in [2.24, 2.45) is 0 Å². The summed E-state index contributed by atoms with van der Waals surface area (Å²) in [5.41, 5.74) is 1.39. The van der Waals surface area contributed by atoms with Gasteiger partial charge in [-0.3, -0.25) is 9.59 Å². The molecule has 0 aliphatic carbocycles. The first-order valence-corrected chi connectivity index (χ1v) is 9.97. The fourth-order valence-electron chi connectivity index (χ4n) is 2.15. The van der Waals surface area contributed by atoms with Crippen LogP contribution in [-0.4, -0.2) is 17.6 Å². The van der Waals surface area contributed by atoms with Crippen molar-refractivity contribution < 1.29 is 9.59 Å². The van der Waals surface area contributed by atoms with Gasteiger partial charge in [0.2, 0.25) is 5.91 Å². The van der Waals surface area contributed by atoms with Gasteiger partial charge in [0.05, 0.1) is 10.6 Å². The zero-order valence-corrected chi connectivity index (χ0v) is 16.0. The van der Waals surface area contributed by atoms with Gasteiger partial charge in [0, 0.05) is 21.3 Å². The summed E-state index contributed by atoms with van der Waals surface area (Å²) in [4.78, 5) is 25.6. The van der Waals surface area contributed by atoms with Crippen LogP contribution in [0.5, 0.6) is 0 Å². The van der Waals surface area contributed by atoms with Gasteiger partial charge in [0.25, 0.3) is 5.91 Å². The lowest BCUT2D eigenvalue weighted by Gasteiger charge is -2.07. The van der Waals surface area contributed by atoms with Crippen LogP contribution >= 0.6 is 34.7 Å². The Morgan fingerprint density at radius 2 is 1.77 bits per heavy atom. The number of carbonyl (C=O) groups is 2. The molecule has 132 valence electrons. The van der Waals surface area contributed by atoms with Crippen molar-refractivity contribution in [1.82, 2.24) is 0 Å². The third-order valence-corrected chi connectivity index (χ3v) is 5.45. The molecule has 1 heterocycles. The Bertz CT molecular complexity index is 896. The number of hydrogen-bond donors (Lipinski definition) is 2. The van der Waals surface area contributed by atoms with Crippen molar-refractivity contribution in [3.63, 3.8) is 0 Å². The molecule has 2 N–H and O–H groups in total. The van der Waals surface area contributed by atoms with E-state index in [9.17, 15) is 9.59 Å². The van der Waals surface area contributed by atoms with Gasteiger partial charge in [-0.2, -0.15) is 0 Å². The van der Waals surface area contributed by atoms with Crippen LogP contribution in [0.1, 0.15) is 9.67 Å². The van der Waals surface area contributed by atoms with Crippen LogP contribution in [0.3, 0.4) is 0 Å². The lowest BCUT2D eigenvalue weighted by Crippen LogP contribution is -2.13. The number of thioether (sulfide) groups is 1. The van der Waals surface area contributed by atoms with Crippen LogP contribution in [0.25, 0.3) is 0 Å². The molecule has 0 bridgehead atoms. The molecule has 3 rings (SSSR count). The minimum atomic E-state index is -0.124. The molecule has 0 aliphatic heterocycles. The van der Waals surface area contributed by atoms with Crippen LogP contribution in [-0.2, 0) is 4.79 Å². The molecule has 0 fully saturated rings. The first kappa shape index (κ1) is 18.5. The molecule has 4 nitrogen and oxygen atoms in total. The average molecular weight is 403 g/mol. The van der Waals surface area contributed by atoms with E-state index in [1.54, 1.807) is 30.3 Å². The number of hydrogen-bond acceptors (Lipinski definition) is 4. The third-order valence-electron chi connectivity index (χ3n) is 3.34. The highest BCUT2D eigenvalue weighted by Gasteiger charge is 2.07. The lowest BCUT2D eigenvalue weighted by atomic mass is 10.3. The molecule has 0 saturated heterocycles. The number of amides is 2. The van der Waals surface area contributed by atoms with Gasteiger partial charge in [0.15, 0.2) is 0 Å². The summed E-state index contributed by atoms with van der Waals surface area (Å²) in [6, 6.07) is 18.1. The molecule has 0 radical (unpaired) electrons. The highest BCUT2D eigenvalue weighted by Crippen LogP contribution is 2.22. The maximum Gasteiger partial charge on any atom is 0.265 e. The zero-order valence-electron chi connectivity index (χ0n) is 13.6. The number of rotatable bonds is 6. The van der Waals surface area contributed by atoms with Gasteiger partial charge in [0.1, 0.15) is 0 Å². The van der Waals surface area contributed by atoms with Gasteiger partial charge >= 0.3 is 0 Å². The van der Waals surface area contributed by atoms with E-state index in [2.05, 4.69) is 10.6 Å². The van der Waals surface area contributed by atoms with E-state index in [4.69, 9.17) is 11.6 Å². The molecule has 26 heavy (non-hydrogen) atoms. The van der Waals surface area contributed by atoms with E-state index in [1.807, 2.05) is 35.7 Å². The van der Waals surface area contributed by atoms with Crippen molar-refractivity contribution >= 4 is 57.9 Å². The Morgan fingerprint density at radius 1 is 0.962 bits per heavy atom. The zero-order chi connectivity index (χ0) is 18.4. The molecule has 0 aliphatic rings. The minimum absolute atomic E-state index is 0.104. The van der Waals surface area contributed by atoms with Crippen molar-refractivity contribution in [3.05, 3.63) is 75.9 Å². The van der Waals surface area contributed by atoms with Crippen molar-refractivity contribution in [2.75, 3.05) is 16.4 Å². The van der Waals surface area contributed by atoms with Crippen molar-refractivity contribution in [1.29, 1.82) is 0 Å². The van der Waals surface area contributed by atoms with E-state index in [0.29, 0.717) is 15.6 Å². The maximum absolute atomic E-state index is 12.0. The highest BCUT2D eigenvalue weighted by molar-refractivity contribution is 8.00. The van der Waals surface area contributed by atoms with E-state index in [0.717, 1.165) is 10.6 Å². The Labute approximate surface area is 164 Å². The van der Waals surface area contributed by atoms with Crippen LogP contribution in [0.15, 0.2) is 70.9 Å². The van der Waals surface area contributed by atoms with E-state index < -0.39 is 0 Å². The Balaban J connectivity index is 1.49. The monoisotopic (exact) mass is 402 g/mol. The van der Waals surface area contributed by atoms with Crippen LogP contribution < -0.4 is 10.6 Å². The minimum Gasteiger partial charge on any atom is -0.325 e. The van der Waals surface area contributed by atoms with Crippen LogP contribution in [0, 0.1) is 0 Å². The summed E-state index contributed by atoms with van der Waals surface area (Å²) >= 11 is 8.72. The van der Waals surface area contributed by atoms with Crippen LogP contribution in [0.4, 0.5) is 11.4 Å². The molecule has 0 saturated carbocycles. The van der Waals surface area contributed by atoms with E-state index in [-0.39, 0.29) is 17.6 Å². The topological polar surface area (TPSA) is 58.2 Å². The van der Waals surface area contributed by atoms with Gasteiger partial charge in [-0.15, -0.1) is 23.1 Å². The fraction of sp³-hybridized carbons (Fsp3) is 0.0526. The predicted molar refractivity (Wildman–Crippen MR) is 110 cm³/mol. The van der Waals surface area contributed by atoms with Crippen molar-refractivity contribution in [3.8, 4) is 0 Å². The normalized spacial score (nSPS) is 10.3. The molecule has 0 spiro atoms. The van der Waals surface area contributed by atoms with Gasteiger partial charge < -0.3 is 10.6 Å². The summed E-state index contributed by atoms with van der Waals surface area (Å²) in [6.45, 7) is 0. The lowest BCUT2D eigenvalue weighted by molar-refractivity contribution is -0.113. The number of benzene rings is 2. The van der Waals surface area contributed by atoms with Gasteiger partial charge in [-0.25, -0.2) is 0 Å². The smallest absolute Gasteiger partial charge is 0.265 e. The highest BCUT2D eigenvalue weighted by atomic mass is 35.5. The first-order chi connectivity index (χ1) is 12.6. The second kappa shape index (κ2) is 8.89.